The molecule has 0 fully saturated rings. The molecular formula is C24H36BNO6. The van der Waals surface area contributed by atoms with E-state index in [0.717, 1.165) is 35.3 Å². The van der Waals surface area contributed by atoms with Gasteiger partial charge in [-0.05, 0) is 69.4 Å². The van der Waals surface area contributed by atoms with Gasteiger partial charge in [-0.1, -0.05) is 13.0 Å². The van der Waals surface area contributed by atoms with Gasteiger partial charge in [-0.15, -0.1) is 0 Å². The normalized spacial score (nSPS) is 12.5. The summed E-state index contributed by atoms with van der Waals surface area (Å²) in [5, 5.41) is 19.7. The second kappa shape index (κ2) is 12.8. The van der Waals surface area contributed by atoms with Crippen LogP contribution in [-0.4, -0.2) is 54.5 Å². The average Bonchev–Trinajstić information content (AvgIpc) is 2.74. The maximum absolute atomic E-state index is 9.88. The monoisotopic (exact) mass is 445 g/mol. The highest BCUT2D eigenvalue weighted by atomic mass is 16.7. The van der Waals surface area contributed by atoms with Gasteiger partial charge in [0.2, 0.25) is 0 Å². The zero-order valence-electron chi connectivity index (χ0n) is 19.8. The van der Waals surface area contributed by atoms with Crippen LogP contribution in [-0.2, 0) is 15.7 Å². The first kappa shape index (κ1) is 26.1. The van der Waals surface area contributed by atoms with E-state index in [1.807, 2.05) is 30.6 Å². The molecule has 1 unspecified atom stereocenters. The number of methoxy groups -OCH3 is 1. The summed E-state index contributed by atoms with van der Waals surface area (Å²) in [5.41, 5.74) is 2.22. The van der Waals surface area contributed by atoms with Crippen molar-refractivity contribution in [2.24, 2.45) is 0 Å². The zero-order valence-corrected chi connectivity index (χ0v) is 19.8. The predicted molar refractivity (Wildman–Crippen MR) is 126 cm³/mol. The van der Waals surface area contributed by atoms with Crippen LogP contribution >= 0.6 is 0 Å². The van der Waals surface area contributed by atoms with Gasteiger partial charge in [-0.2, -0.15) is 0 Å². The lowest BCUT2D eigenvalue weighted by Gasteiger charge is -2.23. The van der Waals surface area contributed by atoms with E-state index >= 15 is 0 Å². The van der Waals surface area contributed by atoms with Crippen LogP contribution in [0.3, 0.4) is 0 Å². The third kappa shape index (κ3) is 9.16. The minimum Gasteiger partial charge on any atom is -0.493 e. The van der Waals surface area contributed by atoms with Crippen LogP contribution in [0.4, 0.5) is 0 Å². The van der Waals surface area contributed by atoms with Crippen molar-refractivity contribution in [2.75, 3.05) is 20.3 Å². The van der Waals surface area contributed by atoms with Crippen molar-refractivity contribution in [2.45, 2.75) is 65.1 Å². The number of benzene rings is 1. The molecule has 0 saturated carbocycles. The smallest absolute Gasteiger partial charge is 0.493 e. The molecule has 2 N–H and O–H groups in total. The Hall–Kier alpha value is -2.13. The number of hydrogen-bond donors (Lipinski definition) is 2. The molecule has 1 heterocycles. The largest absolute Gasteiger partial charge is 0.636 e. The lowest BCUT2D eigenvalue weighted by molar-refractivity contribution is 0.0120. The van der Waals surface area contributed by atoms with Gasteiger partial charge < -0.3 is 28.9 Å². The molecular weight excluding hydrogens is 409 g/mol. The molecule has 0 saturated heterocycles. The minimum absolute atomic E-state index is 0.318. The van der Waals surface area contributed by atoms with Crippen molar-refractivity contribution < 1.29 is 28.9 Å². The maximum atomic E-state index is 9.88. The van der Waals surface area contributed by atoms with Crippen molar-refractivity contribution in [3.8, 4) is 22.6 Å². The number of rotatable bonds is 14. The van der Waals surface area contributed by atoms with Crippen LogP contribution in [0.25, 0.3) is 11.1 Å². The molecule has 0 spiro atoms. The SMILES string of the molecule is CCCOc1cc(-c2cncc(CCCOB(O)OC(C)CC(C)(C)O)c2)ccc1OC. The summed E-state index contributed by atoms with van der Waals surface area (Å²) in [6, 6.07) is 7.96. The van der Waals surface area contributed by atoms with E-state index < -0.39 is 12.9 Å². The van der Waals surface area contributed by atoms with E-state index in [9.17, 15) is 10.1 Å². The van der Waals surface area contributed by atoms with Crippen molar-refractivity contribution >= 4 is 7.32 Å². The summed E-state index contributed by atoms with van der Waals surface area (Å²) in [7, 11) is 0.325. The van der Waals surface area contributed by atoms with Gasteiger partial charge >= 0.3 is 7.32 Å². The molecule has 0 amide bonds. The average molecular weight is 445 g/mol. The van der Waals surface area contributed by atoms with Crippen molar-refractivity contribution in [3.05, 3.63) is 42.2 Å². The molecule has 0 aliphatic carbocycles. The lowest BCUT2D eigenvalue weighted by Crippen LogP contribution is -2.33. The summed E-state index contributed by atoms with van der Waals surface area (Å²) in [6.45, 7) is 8.23. The van der Waals surface area contributed by atoms with Crippen LogP contribution in [0.1, 0.15) is 52.5 Å². The second-order valence-electron chi connectivity index (χ2n) is 8.54. The molecule has 2 aromatic rings. The topological polar surface area (TPSA) is 90.3 Å². The Morgan fingerprint density at radius 1 is 1.09 bits per heavy atom. The van der Waals surface area contributed by atoms with Gasteiger partial charge in [-0.25, -0.2) is 0 Å². The molecule has 176 valence electrons. The van der Waals surface area contributed by atoms with E-state index in [-0.39, 0.29) is 6.10 Å². The third-order valence-corrected chi connectivity index (χ3v) is 4.76. The van der Waals surface area contributed by atoms with Gasteiger partial charge in [0, 0.05) is 37.1 Å². The molecule has 0 aliphatic heterocycles. The van der Waals surface area contributed by atoms with Crippen molar-refractivity contribution in [3.63, 3.8) is 0 Å². The Labute approximate surface area is 191 Å². The van der Waals surface area contributed by atoms with Gasteiger partial charge in [0.25, 0.3) is 0 Å². The Kier molecular flexibility index (Phi) is 10.4. The van der Waals surface area contributed by atoms with Crippen LogP contribution in [0, 0.1) is 0 Å². The van der Waals surface area contributed by atoms with Gasteiger partial charge in [-0.3, -0.25) is 4.98 Å². The highest BCUT2D eigenvalue weighted by Gasteiger charge is 2.24. The third-order valence-electron chi connectivity index (χ3n) is 4.76. The predicted octanol–water partition coefficient (Wildman–Crippen LogP) is 4.04. The Morgan fingerprint density at radius 2 is 1.88 bits per heavy atom. The summed E-state index contributed by atoms with van der Waals surface area (Å²) >= 11 is 0. The second-order valence-corrected chi connectivity index (χ2v) is 8.54. The Bertz CT molecular complexity index is 826. The van der Waals surface area contributed by atoms with Gasteiger partial charge in [0.1, 0.15) is 0 Å². The molecule has 1 aromatic carbocycles. The fourth-order valence-electron chi connectivity index (χ4n) is 3.41. The number of aliphatic hydroxyl groups is 1. The van der Waals surface area contributed by atoms with E-state index in [2.05, 4.69) is 18.0 Å². The zero-order chi connectivity index (χ0) is 23.6. The summed E-state index contributed by atoms with van der Waals surface area (Å²) < 4.78 is 21.9. The number of pyridine rings is 1. The molecule has 8 heteroatoms. The molecule has 32 heavy (non-hydrogen) atoms. The Balaban J connectivity index is 1.88. The van der Waals surface area contributed by atoms with Gasteiger partial charge in [0.15, 0.2) is 11.5 Å². The fourth-order valence-corrected chi connectivity index (χ4v) is 3.41. The van der Waals surface area contributed by atoms with Crippen LogP contribution in [0.2, 0.25) is 0 Å². The summed E-state index contributed by atoms with van der Waals surface area (Å²) in [6.07, 6.45) is 6.13. The minimum atomic E-state index is -1.31. The molecule has 1 atom stereocenters. The highest BCUT2D eigenvalue weighted by molar-refractivity contribution is 6.34. The number of aryl methyl sites for hydroxylation is 1. The number of ether oxygens (including phenoxy) is 2. The molecule has 0 radical (unpaired) electrons. The molecule has 0 aliphatic rings. The first-order valence-electron chi connectivity index (χ1n) is 11.1. The van der Waals surface area contributed by atoms with E-state index in [1.54, 1.807) is 27.9 Å². The number of hydrogen-bond acceptors (Lipinski definition) is 7. The molecule has 0 bridgehead atoms. The molecule has 7 nitrogen and oxygen atoms in total. The number of aromatic nitrogens is 1. The highest BCUT2D eigenvalue weighted by Crippen LogP contribution is 2.32. The summed E-state index contributed by atoms with van der Waals surface area (Å²) in [5.74, 6) is 1.43. The first-order chi connectivity index (χ1) is 15.2. The molecule has 2 rings (SSSR count). The maximum Gasteiger partial charge on any atom is 0.636 e. The van der Waals surface area contributed by atoms with E-state index in [4.69, 9.17) is 18.8 Å². The van der Waals surface area contributed by atoms with Crippen LogP contribution < -0.4 is 9.47 Å². The first-order valence-corrected chi connectivity index (χ1v) is 11.1. The fraction of sp³-hybridized carbons (Fsp3) is 0.542. The quantitative estimate of drug-likeness (QED) is 0.335. The van der Waals surface area contributed by atoms with Crippen LogP contribution in [0.15, 0.2) is 36.7 Å². The lowest BCUT2D eigenvalue weighted by atomic mass is 10.0. The van der Waals surface area contributed by atoms with Crippen molar-refractivity contribution in [1.82, 2.24) is 4.98 Å². The van der Waals surface area contributed by atoms with E-state index in [0.29, 0.717) is 31.8 Å². The molecule has 1 aromatic heterocycles. The van der Waals surface area contributed by atoms with Crippen LogP contribution in [0.5, 0.6) is 11.5 Å². The standard InChI is InChI=1S/C24H36BNO6/c1-6-11-30-23-14-20(9-10-22(23)29-5)21-13-19(16-26-17-21)8-7-12-31-25(28)32-18(2)15-24(3,4)27/h9-10,13-14,16-18,27-28H,6-8,11-12,15H2,1-5H3. The van der Waals surface area contributed by atoms with Gasteiger partial charge in [0.05, 0.1) is 19.3 Å². The number of nitrogens with zero attached hydrogens (tertiary/aromatic N) is 1. The Morgan fingerprint density at radius 3 is 2.56 bits per heavy atom. The summed E-state index contributed by atoms with van der Waals surface area (Å²) in [4.78, 5) is 4.37. The van der Waals surface area contributed by atoms with E-state index in [1.165, 1.54) is 0 Å². The van der Waals surface area contributed by atoms with Crippen molar-refractivity contribution in [1.29, 1.82) is 0 Å².